The number of hydrogen-bond donors (Lipinski definition) is 0. The van der Waals surface area contributed by atoms with Gasteiger partial charge in [-0.25, -0.2) is 0 Å². The van der Waals surface area contributed by atoms with Crippen LogP contribution in [0.3, 0.4) is 0 Å². The molecule has 0 bridgehead atoms. The quantitative estimate of drug-likeness (QED) is 0.147. The fourth-order valence-corrected chi connectivity index (χ4v) is 3.77. The molecule has 0 saturated carbocycles. The maximum atomic E-state index is 12.0. The van der Waals surface area contributed by atoms with Crippen LogP contribution in [0.4, 0.5) is 0 Å². The number of carbonyl (C=O) groups excluding carboxylic acids is 2. The Morgan fingerprint density at radius 1 is 0.462 bits per heavy atom. The first kappa shape index (κ1) is 27.5. The summed E-state index contributed by atoms with van der Waals surface area (Å²) in [7, 11) is 0. The van der Waals surface area contributed by atoms with Crippen LogP contribution in [0.5, 0.6) is 11.5 Å². The van der Waals surface area contributed by atoms with Crippen molar-refractivity contribution in [2.24, 2.45) is 0 Å². The predicted octanol–water partition coefficient (Wildman–Crippen LogP) is 6.11. The van der Waals surface area contributed by atoms with E-state index < -0.39 is 18.4 Å². The lowest BCUT2D eigenvalue weighted by Crippen LogP contribution is -2.16. The molecule has 0 heterocycles. The third-order valence-corrected chi connectivity index (χ3v) is 5.94. The van der Waals surface area contributed by atoms with Gasteiger partial charge in [-0.2, -0.15) is 0 Å². The van der Waals surface area contributed by atoms with E-state index in [0.29, 0.717) is 26.1 Å². The van der Waals surface area contributed by atoms with Crippen molar-refractivity contribution in [2.75, 3.05) is 13.2 Å². The van der Waals surface area contributed by atoms with Gasteiger partial charge in [0.05, 0.1) is 13.2 Å². The van der Waals surface area contributed by atoms with Crippen LogP contribution in [0.15, 0.2) is 109 Å². The number of rotatable bonds is 14. The molecule has 6 nitrogen and oxygen atoms in total. The van der Waals surface area contributed by atoms with Gasteiger partial charge in [0.15, 0.2) is 0 Å². The molecule has 0 amide bonds. The molecule has 0 aliphatic carbocycles. The number of benzene rings is 4. The number of ether oxygens (including phenoxy) is 4. The Morgan fingerprint density at radius 2 is 0.846 bits per heavy atom. The first-order valence-corrected chi connectivity index (χ1v) is 13.0. The number of hydrogen-bond acceptors (Lipinski definition) is 6. The first-order valence-electron chi connectivity index (χ1n) is 13.0. The SMILES string of the molecule is O=C(CC(=O)OCCc1ccc(OCc2ccccc2)cc1)OCCc1ccc(OCc2ccccc2)cc1. The second kappa shape index (κ2) is 15.0. The van der Waals surface area contributed by atoms with Crippen molar-refractivity contribution in [2.45, 2.75) is 32.5 Å². The second-order valence-corrected chi connectivity index (χ2v) is 8.95. The third-order valence-electron chi connectivity index (χ3n) is 5.94. The van der Waals surface area contributed by atoms with Gasteiger partial charge in [-0.05, 0) is 46.5 Å². The van der Waals surface area contributed by atoms with E-state index in [4.69, 9.17) is 18.9 Å². The second-order valence-electron chi connectivity index (χ2n) is 8.95. The normalized spacial score (nSPS) is 10.5. The van der Waals surface area contributed by atoms with Gasteiger partial charge >= 0.3 is 11.9 Å². The molecule has 4 aromatic carbocycles. The molecular weight excluding hydrogens is 492 g/mol. The standard InChI is InChI=1S/C33H32O6/c34-32(36-21-19-26-11-15-30(16-12-26)38-24-28-7-3-1-4-8-28)23-33(35)37-22-20-27-13-17-31(18-14-27)39-25-29-9-5-2-6-10-29/h1-18H,19-25H2. The Balaban J connectivity index is 1.07. The zero-order valence-corrected chi connectivity index (χ0v) is 21.8. The third kappa shape index (κ3) is 10.0. The van der Waals surface area contributed by atoms with Crippen molar-refractivity contribution in [1.29, 1.82) is 0 Å². The zero-order chi connectivity index (χ0) is 27.1. The van der Waals surface area contributed by atoms with Gasteiger partial charge < -0.3 is 18.9 Å². The minimum absolute atomic E-state index is 0.190. The molecule has 0 atom stereocenters. The van der Waals surface area contributed by atoms with E-state index in [2.05, 4.69) is 0 Å². The highest BCUT2D eigenvalue weighted by atomic mass is 16.6. The van der Waals surface area contributed by atoms with Gasteiger partial charge in [0, 0.05) is 12.8 Å². The Bertz CT molecular complexity index is 1180. The van der Waals surface area contributed by atoms with Crippen LogP contribution < -0.4 is 9.47 Å². The summed E-state index contributed by atoms with van der Waals surface area (Å²) in [5, 5.41) is 0. The number of carbonyl (C=O) groups is 2. The van der Waals surface area contributed by atoms with Crippen LogP contribution in [-0.2, 0) is 45.1 Å². The number of esters is 2. The van der Waals surface area contributed by atoms with E-state index in [1.165, 1.54) is 0 Å². The van der Waals surface area contributed by atoms with Crippen molar-refractivity contribution < 1.29 is 28.5 Å². The summed E-state index contributed by atoms with van der Waals surface area (Å²) >= 11 is 0. The highest BCUT2D eigenvalue weighted by Crippen LogP contribution is 2.16. The summed E-state index contributed by atoms with van der Waals surface area (Å²) in [6.07, 6.45) is 0.689. The molecule has 4 aromatic rings. The van der Waals surface area contributed by atoms with Gasteiger partial charge in [0.25, 0.3) is 0 Å². The van der Waals surface area contributed by atoms with Crippen LogP contribution in [-0.4, -0.2) is 25.2 Å². The molecule has 0 aromatic heterocycles. The van der Waals surface area contributed by atoms with Crippen LogP contribution in [0.25, 0.3) is 0 Å². The summed E-state index contributed by atoms with van der Waals surface area (Å²) in [4.78, 5) is 24.0. The Hall–Kier alpha value is -4.58. The van der Waals surface area contributed by atoms with E-state index in [-0.39, 0.29) is 13.2 Å². The predicted molar refractivity (Wildman–Crippen MR) is 148 cm³/mol. The monoisotopic (exact) mass is 524 g/mol. The van der Waals surface area contributed by atoms with Gasteiger partial charge in [0.2, 0.25) is 0 Å². The average Bonchev–Trinajstić information content (AvgIpc) is 2.97. The molecule has 0 saturated heterocycles. The van der Waals surface area contributed by atoms with Crippen molar-refractivity contribution in [3.63, 3.8) is 0 Å². The molecule has 0 aliphatic rings. The highest BCUT2D eigenvalue weighted by Gasteiger charge is 2.12. The lowest BCUT2D eigenvalue weighted by molar-refractivity contribution is -0.154. The van der Waals surface area contributed by atoms with E-state index in [1.807, 2.05) is 109 Å². The largest absolute Gasteiger partial charge is 0.489 e. The summed E-state index contributed by atoms with van der Waals surface area (Å²) in [5.41, 5.74) is 4.22. The van der Waals surface area contributed by atoms with E-state index in [9.17, 15) is 9.59 Å². The molecule has 0 N–H and O–H groups in total. The molecule has 0 spiro atoms. The van der Waals surface area contributed by atoms with Crippen molar-refractivity contribution >= 4 is 11.9 Å². The molecule has 0 aliphatic heterocycles. The lowest BCUT2D eigenvalue weighted by Gasteiger charge is -2.09. The molecule has 200 valence electrons. The summed E-state index contributed by atoms with van der Waals surface area (Å²) in [5.74, 6) is 0.356. The smallest absolute Gasteiger partial charge is 0.317 e. The molecular formula is C33H32O6. The Labute approximate surface area is 229 Å². The van der Waals surface area contributed by atoms with Crippen LogP contribution in [0.1, 0.15) is 28.7 Å². The molecule has 0 radical (unpaired) electrons. The summed E-state index contributed by atoms with van der Waals surface area (Å²) in [6.45, 7) is 1.39. The molecule has 4 rings (SSSR count). The summed E-state index contributed by atoms with van der Waals surface area (Å²) in [6, 6.07) is 35.2. The topological polar surface area (TPSA) is 71.1 Å². The van der Waals surface area contributed by atoms with E-state index >= 15 is 0 Å². The Morgan fingerprint density at radius 3 is 1.23 bits per heavy atom. The molecule has 0 fully saturated rings. The minimum Gasteiger partial charge on any atom is -0.489 e. The molecule has 0 unspecified atom stereocenters. The van der Waals surface area contributed by atoms with Gasteiger partial charge in [0.1, 0.15) is 31.1 Å². The van der Waals surface area contributed by atoms with E-state index in [0.717, 1.165) is 33.8 Å². The first-order chi connectivity index (χ1) is 19.1. The fraction of sp³-hybridized carbons (Fsp3) is 0.212. The van der Waals surface area contributed by atoms with E-state index in [1.54, 1.807) is 0 Å². The van der Waals surface area contributed by atoms with Crippen molar-refractivity contribution in [1.82, 2.24) is 0 Å². The maximum Gasteiger partial charge on any atom is 0.317 e. The maximum absolute atomic E-state index is 12.0. The van der Waals surface area contributed by atoms with Gasteiger partial charge in [-0.15, -0.1) is 0 Å². The minimum atomic E-state index is -0.595. The van der Waals surface area contributed by atoms with Gasteiger partial charge in [-0.3, -0.25) is 9.59 Å². The van der Waals surface area contributed by atoms with Crippen LogP contribution >= 0.6 is 0 Å². The Kier molecular flexibility index (Phi) is 10.5. The van der Waals surface area contributed by atoms with Gasteiger partial charge in [-0.1, -0.05) is 84.9 Å². The molecule has 6 heteroatoms. The zero-order valence-electron chi connectivity index (χ0n) is 21.8. The van der Waals surface area contributed by atoms with Crippen molar-refractivity contribution in [3.8, 4) is 11.5 Å². The van der Waals surface area contributed by atoms with Crippen molar-refractivity contribution in [3.05, 3.63) is 131 Å². The fourth-order valence-electron chi connectivity index (χ4n) is 3.77. The van der Waals surface area contributed by atoms with Crippen LogP contribution in [0, 0.1) is 0 Å². The molecule has 39 heavy (non-hydrogen) atoms. The summed E-state index contributed by atoms with van der Waals surface area (Å²) < 4.78 is 22.0. The highest BCUT2D eigenvalue weighted by molar-refractivity contribution is 5.91. The average molecular weight is 525 g/mol. The van der Waals surface area contributed by atoms with Crippen LogP contribution in [0.2, 0.25) is 0 Å². The lowest BCUT2D eigenvalue weighted by atomic mass is 10.1.